The molecule has 13 heteroatoms. The van der Waals surface area contributed by atoms with E-state index in [0.29, 0.717) is 11.5 Å². The number of fused-ring (bicyclic) bond motifs is 1. The maximum atomic E-state index is 14.2. The molecule has 0 aliphatic carbocycles. The first kappa shape index (κ1) is 19.2. The second-order valence-corrected chi connectivity index (χ2v) is 6.61. The van der Waals surface area contributed by atoms with Crippen LogP contribution in [0.1, 0.15) is 5.82 Å². The van der Waals surface area contributed by atoms with Gasteiger partial charge in [-0.2, -0.15) is 4.68 Å². The third-order valence-corrected chi connectivity index (χ3v) is 4.60. The Labute approximate surface area is 167 Å². The summed E-state index contributed by atoms with van der Waals surface area (Å²) in [6.07, 6.45) is 1.40. The number of amides is 1. The van der Waals surface area contributed by atoms with Crippen molar-refractivity contribution in [2.24, 2.45) is 14.1 Å². The Morgan fingerprint density at radius 2 is 2.00 bits per heavy atom. The molecule has 3 heterocycles. The molecule has 0 spiro atoms. The summed E-state index contributed by atoms with van der Waals surface area (Å²) in [6.45, 7) is 1.07. The van der Waals surface area contributed by atoms with E-state index in [1.807, 2.05) is 0 Å². The van der Waals surface area contributed by atoms with E-state index in [4.69, 9.17) is 0 Å². The standard InChI is InChI=1S/C17H16FN9O3/c1-9-21-22-23-27(9)10-4-5-11(18)12(6-10)20-13(28)7-26-16(29)14-15(19-8-24(14)2)25(3)17(26)30/h4-6,8H,7H2,1-3H3,(H,20,28). The van der Waals surface area contributed by atoms with E-state index >= 15 is 0 Å². The molecule has 4 rings (SSSR count). The number of nitrogens with one attached hydrogen (secondary N) is 1. The summed E-state index contributed by atoms with van der Waals surface area (Å²) in [5, 5.41) is 13.5. The van der Waals surface area contributed by atoms with Crippen LogP contribution >= 0.6 is 0 Å². The molecule has 0 fully saturated rings. The Morgan fingerprint density at radius 1 is 1.23 bits per heavy atom. The van der Waals surface area contributed by atoms with Gasteiger partial charge in [-0.1, -0.05) is 0 Å². The summed E-state index contributed by atoms with van der Waals surface area (Å²) in [4.78, 5) is 41.7. The monoisotopic (exact) mass is 413 g/mol. The van der Waals surface area contributed by atoms with E-state index in [1.54, 1.807) is 14.0 Å². The van der Waals surface area contributed by atoms with E-state index in [2.05, 4.69) is 25.8 Å². The number of hydrogen-bond acceptors (Lipinski definition) is 7. The lowest BCUT2D eigenvalue weighted by Crippen LogP contribution is -2.42. The smallest absolute Gasteiger partial charge is 0.328 e. The molecule has 1 aromatic carbocycles. The van der Waals surface area contributed by atoms with Gasteiger partial charge < -0.3 is 9.88 Å². The van der Waals surface area contributed by atoms with Gasteiger partial charge in [-0.05, 0) is 35.5 Å². The molecular weight excluding hydrogens is 397 g/mol. The minimum atomic E-state index is -0.750. The van der Waals surface area contributed by atoms with Crippen molar-refractivity contribution in [2.75, 3.05) is 5.32 Å². The average Bonchev–Trinajstić information content (AvgIpc) is 3.31. The van der Waals surface area contributed by atoms with Crippen molar-refractivity contribution in [3.05, 3.63) is 57.0 Å². The first-order valence-electron chi connectivity index (χ1n) is 8.73. The highest BCUT2D eigenvalue weighted by molar-refractivity contribution is 5.91. The van der Waals surface area contributed by atoms with Crippen molar-refractivity contribution in [3.63, 3.8) is 0 Å². The third-order valence-electron chi connectivity index (χ3n) is 4.60. The lowest BCUT2D eigenvalue weighted by molar-refractivity contribution is -0.116. The fourth-order valence-electron chi connectivity index (χ4n) is 3.08. The fourth-order valence-corrected chi connectivity index (χ4v) is 3.08. The number of hydrogen-bond donors (Lipinski definition) is 1. The van der Waals surface area contributed by atoms with Crippen LogP contribution in [-0.4, -0.2) is 44.8 Å². The largest absolute Gasteiger partial charge is 0.332 e. The lowest BCUT2D eigenvalue weighted by Gasteiger charge is -2.11. The van der Waals surface area contributed by atoms with Crippen LogP contribution in [0.4, 0.5) is 10.1 Å². The molecule has 0 radical (unpaired) electrons. The van der Waals surface area contributed by atoms with Crippen molar-refractivity contribution in [3.8, 4) is 5.69 Å². The molecule has 0 unspecified atom stereocenters. The van der Waals surface area contributed by atoms with Crippen LogP contribution in [-0.2, 0) is 25.4 Å². The molecule has 0 aliphatic heterocycles. The number of anilines is 1. The molecule has 0 bridgehead atoms. The summed E-state index contributed by atoms with van der Waals surface area (Å²) in [5.74, 6) is -0.973. The van der Waals surface area contributed by atoms with Crippen LogP contribution in [0.15, 0.2) is 34.1 Å². The zero-order chi connectivity index (χ0) is 21.6. The number of carbonyl (C=O) groups is 1. The van der Waals surface area contributed by atoms with Crippen molar-refractivity contribution >= 4 is 22.8 Å². The van der Waals surface area contributed by atoms with Crippen molar-refractivity contribution in [1.29, 1.82) is 0 Å². The summed E-state index contributed by atoms with van der Waals surface area (Å²) in [5.41, 5.74) is -0.703. The number of imidazole rings is 1. The summed E-state index contributed by atoms with van der Waals surface area (Å²) < 4.78 is 19.0. The number of benzene rings is 1. The van der Waals surface area contributed by atoms with Gasteiger partial charge in [0.25, 0.3) is 5.56 Å². The second-order valence-electron chi connectivity index (χ2n) is 6.61. The molecule has 12 nitrogen and oxygen atoms in total. The molecule has 1 amide bonds. The predicted molar refractivity (Wildman–Crippen MR) is 103 cm³/mol. The molecule has 1 N–H and O–H groups in total. The lowest BCUT2D eigenvalue weighted by atomic mass is 10.2. The van der Waals surface area contributed by atoms with Gasteiger partial charge in [-0.3, -0.25) is 14.2 Å². The molecule has 0 saturated heterocycles. The Bertz CT molecular complexity index is 1410. The van der Waals surface area contributed by atoms with E-state index in [-0.39, 0.29) is 16.9 Å². The van der Waals surface area contributed by atoms with Crippen LogP contribution in [0.5, 0.6) is 0 Å². The van der Waals surface area contributed by atoms with Crippen LogP contribution < -0.4 is 16.6 Å². The molecule has 4 aromatic rings. The highest BCUT2D eigenvalue weighted by atomic mass is 19.1. The van der Waals surface area contributed by atoms with Gasteiger partial charge in [0.05, 0.1) is 17.7 Å². The number of halogens is 1. The van der Waals surface area contributed by atoms with Gasteiger partial charge in [0.2, 0.25) is 5.91 Å². The second kappa shape index (κ2) is 7.02. The molecule has 3 aromatic heterocycles. The Balaban J connectivity index is 1.67. The summed E-state index contributed by atoms with van der Waals surface area (Å²) in [6, 6.07) is 3.95. The Morgan fingerprint density at radius 3 is 2.70 bits per heavy atom. The Kier molecular flexibility index (Phi) is 4.49. The number of rotatable bonds is 4. The third kappa shape index (κ3) is 3.05. The number of aromatic nitrogens is 8. The van der Waals surface area contributed by atoms with Crippen molar-refractivity contribution < 1.29 is 9.18 Å². The molecule has 154 valence electrons. The number of aryl methyl sites for hydroxylation is 3. The molecule has 0 atom stereocenters. The minimum absolute atomic E-state index is 0.140. The quantitative estimate of drug-likeness (QED) is 0.476. The first-order valence-corrected chi connectivity index (χ1v) is 8.73. The van der Waals surface area contributed by atoms with Crippen molar-refractivity contribution in [1.82, 2.24) is 38.9 Å². The zero-order valence-electron chi connectivity index (χ0n) is 16.2. The Hall–Kier alpha value is -4.16. The van der Waals surface area contributed by atoms with Gasteiger partial charge in [0, 0.05) is 14.1 Å². The maximum absolute atomic E-state index is 14.2. The topological polar surface area (TPSA) is 135 Å². The highest BCUT2D eigenvalue weighted by Gasteiger charge is 2.18. The van der Waals surface area contributed by atoms with E-state index in [0.717, 1.165) is 10.6 Å². The average molecular weight is 413 g/mol. The predicted octanol–water partition coefficient (Wildman–Crippen LogP) is -0.504. The minimum Gasteiger partial charge on any atom is -0.328 e. The number of tetrazole rings is 1. The van der Waals surface area contributed by atoms with Crippen LogP contribution in [0.3, 0.4) is 0 Å². The van der Waals surface area contributed by atoms with Gasteiger partial charge in [-0.15, -0.1) is 5.10 Å². The summed E-state index contributed by atoms with van der Waals surface area (Å²) in [7, 11) is 3.05. The van der Waals surface area contributed by atoms with Gasteiger partial charge in [0.15, 0.2) is 17.0 Å². The van der Waals surface area contributed by atoms with Gasteiger partial charge in [0.1, 0.15) is 12.4 Å². The van der Waals surface area contributed by atoms with Gasteiger partial charge >= 0.3 is 5.69 Å². The highest BCUT2D eigenvalue weighted by Crippen LogP contribution is 2.19. The molecule has 0 saturated carbocycles. The molecular formula is C17H16FN9O3. The maximum Gasteiger partial charge on any atom is 0.332 e. The fraction of sp³-hybridized carbons (Fsp3) is 0.235. The van der Waals surface area contributed by atoms with Crippen molar-refractivity contribution in [2.45, 2.75) is 13.5 Å². The SMILES string of the molecule is Cc1nnnn1-c1ccc(F)c(NC(=O)Cn2c(=O)c3c(ncn3C)n(C)c2=O)c1. The van der Waals surface area contributed by atoms with Crippen LogP contribution in [0, 0.1) is 12.7 Å². The van der Waals surface area contributed by atoms with E-state index in [9.17, 15) is 18.8 Å². The van der Waals surface area contributed by atoms with E-state index < -0.39 is 29.5 Å². The van der Waals surface area contributed by atoms with Crippen LogP contribution in [0.25, 0.3) is 16.9 Å². The van der Waals surface area contributed by atoms with Gasteiger partial charge in [-0.25, -0.2) is 18.7 Å². The number of nitrogens with zero attached hydrogens (tertiary/aromatic N) is 8. The number of carbonyl (C=O) groups excluding carboxylic acids is 1. The van der Waals surface area contributed by atoms with Crippen LogP contribution in [0.2, 0.25) is 0 Å². The molecule has 0 aliphatic rings. The zero-order valence-corrected chi connectivity index (χ0v) is 16.2. The molecule has 30 heavy (non-hydrogen) atoms. The normalized spacial score (nSPS) is 11.2. The summed E-state index contributed by atoms with van der Waals surface area (Å²) >= 11 is 0. The van der Waals surface area contributed by atoms with E-state index in [1.165, 1.54) is 39.3 Å². The first-order chi connectivity index (χ1) is 14.3.